The number of nitrogens with two attached hydrogens (primary N) is 1. The van der Waals surface area contributed by atoms with Gasteiger partial charge in [-0.15, -0.1) is 0 Å². The Morgan fingerprint density at radius 3 is 2.21 bits per heavy atom. The summed E-state index contributed by atoms with van der Waals surface area (Å²) in [4.78, 5) is 11.1. The van der Waals surface area contributed by atoms with Crippen molar-refractivity contribution in [2.45, 2.75) is 51.2 Å². The van der Waals surface area contributed by atoms with Gasteiger partial charge in [0.1, 0.15) is 11.1 Å². The fourth-order valence-corrected chi connectivity index (χ4v) is 2.20. The van der Waals surface area contributed by atoms with Crippen molar-refractivity contribution in [3.8, 4) is 0 Å². The molecule has 14 heavy (non-hydrogen) atoms. The highest BCUT2D eigenvalue weighted by molar-refractivity contribution is 5.76. The lowest BCUT2D eigenvalue weighted by molar-refractivity contribution is -0.162. The molecule has 82 valence electrons. The molecule has 4 heteroatoms. The first-order chi connectivity index (χ1) is 6.29. The van der Waals surface area contributed by atoms with E-state index in [1.54, 1.807) is 0 Å². The third kappa shape index (κ3) is 1.75. The highest BCUT2D eigenvalue weighted by Gasteiger charge is 2.53. The maximum absolute atomic E-state index is 13.9. The Morgan fingerprint density at radius 1 is 1.50 bits per heavy atom. The minimum Gasteiger partial charge on any atom is -0.481 e. The Morgan fingerprint density at radius 2 is 1.93 bits per heavy atom. The normalized spacial score (nSPS) is 34.1. The topological polar surface area (TPSA) is 63.3 Å². The van der Waals surface area contributed by atoms with Gasteiger partial charge < -0.3 is 10.8 Å². The number of carboxylic acid groups (broad SMARTS) is 1. The van der Waals surface area contributed by atoms with Crippen molar-refractivity contribution in [2.75, 3.05) is 0 Å². The van der Waals surface area contributed by atoms with Crippen molar-refractivity contribution in [3.05, 3.63) is 0 Å². The summed E-state index contributed by atoms with van der Waals surface area (Å²) in [6.07, 6.45) is 1.87. The van der Waals surface area contributed by atoms with Crippen molar-refractivity contribution in [2.24, 2.45) is 11.1 Å². The number of carboxylic acids is 1. The monoisotopic (exact) mass is 203 g/mol. The van der Waals surface area contributed by atoms with Crippen LogP contribution >= 0.6 is 0 Å². The largest absolute Gasteiger partial charge is 0.481 e. The van der Waals surface area contributed by atoms with E-state index >= 15 is 0 Å². The zero-order valence-electron chi connectivity index (χ0n) is 8.72. The van der Waals surface area contributed by atoms with Crippen LogP contribution in [0, 0.1) is 5.41 Å². The van der Waals surface area contributed by atoms with Gasteiger partial charge in [0, 0.05) is 6.04 Å². The Kier molecular flexibility index (Phi) is 2.86. The molecule has 1 aliphatic carbocycles. The van der Waals surface area contributed by atoms with E-state index < -0.39 is 17.1 Å². The first kappa shape index (κ1) is 11.4. The van der Waals surface area contributed by atoms with Gasteiger partial charge in [-0.3, -0.25) is 4.79 Å². The molecule has 0 aromatic heterocycles. The third-order valence-electron chi connectivity index (χ3n) is 3.43. The van der Waals surface area contributed by atoms with Crippen LogP contribution in [-0.2, 0) is 4.79 Å². The summed E-state index contributed by atoms with van der Waals surface area (Å²) in [6.45, 7) is 2.69. The zero-order valence-corrected chi connectivity index (χ0v) is 8.72. The molecule has 0 aromatic rings. The smallest absolute Gasteiger partial charge is 0.312 e. The van der Waals surface area contributed by atoms with Crippen LogP contribution in [0.5, 0.6) is 0 Å². The molecular formula is C10H18FNO2. The average molecular weight is 203 g/mol. The molecule has 1 saturated carbocycles. The lowest BCUT2D eigenvalue weighted by Gasteiger charge is -2.42. The fraction of sp³-hybridized carbons (Fsp3) is 0.900. The second kappa shape index (κ2) is 3.50. The van der Waals surface area contributed by atoms with Gasteiger partial charge in [-0.05, 0) is 39.5 Å². The summed E-state index contributed by atoms with van der Waals surface area (Å²) >= 11 is 0. The van der Waals surface area contributed by atoms with E-state index in [2.05, 4.69) is 0 Å². The van der Waals surface area contributed by atoms with E-state index in [1.807, 2.05) is 0 Å². The zero-order chi connectivity index (χ0) is 11.0. The van der Waals surface area contributed by atoms with Crippen LogP contribution in [0.4, 0.5) is 4.39 Å². The second-order valence-electron chi connectivity index (χ2n) is 4.70. The lowest BCUT2D eigenvalue weighted by atomic mass is 9.64. The predicted molar refractivity (Wildman–Crippen MR) is 51.7 cm³/mol. The molecule has 0 radical (unpaired) electrons. The van der Waals surface area contributed by atoms with Gasteiger partial charge in [0.2, 0.25) is 0 Å². The SMILES string of the molecule is CC(C)(F)C1(C(=O)O)CCC(N)CC1. The third-order valence-corrected chi connectivity index (χ3v) is 3.43. The lowest BCUT2D eigenvalue weighted by Crippen LogP contribution is -2.50. The Labute approximate surface area is 83.5 Å². The van der Waals surface area contributed by atoms with Crippen molar-refractivity contribution >= 4 is 5.97 Å². The summed E-state index contributed by atoms with van der Waals surface area (Å²) in [6, 6.07) is 0.0322. The Hall–Kier alpha value is -0.640. The minimum absolute atomic E-state index is 0.0322. The van der Waals surface area contributed by atoms with Crippen LogP contribution in [0.2, 0.25) is 0 Å². The van der Waals surface area contributed by atoms with Gasteiger partial charge in [-0.1, -0.05) is 0 Å². The second-order valence-corrected chi connectivity index (χ2v) is 4.70. The Balaban J connectivity index is 2.90. The molecule has 0 spiro atoms. The van der Waals surface area contributed by atoms with Crippen LogP contribution in [0.25, 0.3) is 0 Å². The van der Waals surface area contributed by atoms with Gasteiger partial charge in [-0.25, -0.2) is 4.39 Å². The molecule has 0 aromatic carbocycles. The summed E-state index contributed by atoms with van der Waals surface area (Å²) < 4.78 is 13.9. The quantitative estimate of drug-likeness (QED) is 0.718. The summed E-state index contributed by atoms with van der Waals surface area (Å²) in [5, 5.41) is 9.13. The first-order valence-electron chi connectivity index (χ1n) is 4.97. The van der Waals surface area contributed by atoms with Gasteiger partial charge in [-0.2, -0.15) is 0 Å². The molecule has 0 amide bonds. The van der Waals surface area contributed by atoms with Crippen molar-refractivity contribution in [3.63, 3.8) is 0 Å². The van der Waals surface area contributed by atoms with Gasteiger partial charge in [0.15, 0.2) is 0 Å². The van der Waals surface area contributed by atoms with E-state index in [0.29, 0.717) is 25.7 Å². The number of alkyl halides is 1. The fourth-order valence-electron chi connectivity index (χ4n) is 2.20. The molecule has 0 unspecified atom stereocenters. The number of hydrogen-bond acceptors (Lipinski definition) is 2. The number of halogens is 1. The van der Waals surface area contributed by atoms with Crippen molar-refractivity contribution < 1.29 is 14.3 Å². The summed E-state index contributed by atoms with van der Waals surface area (Å²) in [5.41, 5.74) is 2.77. The van der Waals surface area contributed by atoms with Crippen LogP contribution in [-0.4, -0.2) is 22.8 Å². The van der Waals surface area contributed by atoms with Gasteiger partial charge >= 0.3 is 5.97 Å². The van der Waals surface area contributed by atoms with E-state index in [1.165, 1.54) is 13.8 Å². The van der Waals surface area contributed by atoms with Crippen LogP contribution in [0.1, 0.15) is 39.5 Å². The first-order valence-corrected chi connectivity index (χ1v) is 4.97. The molecule has 3 N–H and O–H groups in total. The number of hydrogen-bond donors (Lipinski definition) is 2. The molecule has 0 saturated heterocycles. The molecular weight excluding hydrogens is 185 g/mol. The molecule has 1 fully saturated rings. The number of carbonyl (C=O) groups is 1. The van der Waals surface area contributed by atoms with E-state index in [4.69, 9.17) is 10.8 Å². The van der Waals surface area contributed by atoms with E-state index in [-0.39, 0.29) is 6.04 Å². The number of aliphatic carboxylic acids is 1. The molecule has 3 nitrogen and oxygen atoms in total. The molecule has 1 rings (SSSR count). The minimum atomic E-state index is -1.68. The molecule has 0 aliphatic heterocycles. The average Bonchev–Trinajstić information content (AvgIpc) is 2.02. The molecule has 0 heterocycles. The van der Waals surface area contributed by atoms with Crippen molar-refractivity contribution in [1.29, 1.82) is 0 Å². The molecule has 1 aliphatic rings. The maximum atomic E-state index is 13.9. The van der Waals surface area contributed by atoms with Crippen LogP contribution < -0.4 is 5.73 Å². The molecule has 0 bridgehead atoms. The summed E-state index contributed by atoms with van der Waals surface area (Å²) in [5.74, 6) is -1.03. The van der Waals surface area contributed by atoms with Gasteiger partial charge in [0.05, 0.1) is 0 Å². The van der Waals surface area contributed by atoms with E-state index in [9.17, 15) is 9.18 Å². The standard InChI is InChI=1S/C10H18FNO2/c1-9(2,11)10(8(13)14)5-3-7(12)4-6-10/h7H,3-6,12H2,1-2H3,(H,13,14). The maximum Gasteiger partial charge on any atom is 0.312 e. The van der Waals surface area contributed by atoms with E-state index in [0.717, 1.165) is 0 Å². The Bertz CT molecular complexity index is 227. The van der Waals surface area contributed by atoms with Gasteiger partial charge in [0.25, 0.3) is 0 Å². The highest BCUT2D eigenvalue weighted by Crippen LogP contribution is 2.46. The van der Waals surface area contributed by atoms with Crippen LogP contribution in [0.3, 0.4) is 0 Å². The molecule has 0 atom stereocenters. The predicted octanol–water partition coefficient (Wildman–Crippen LogP) is 1.71. The van der Waals surface area contributed by atoms with Crippen LogP contribution in [0.15, 0.2) is 0 Å². The van der Waals surface area contributed by atoms with Crippen molar-refractivity contribution in [1.82, 2.24) is 0 Å². The highest BCUT2D eigenvalue weighted by atomic mass is 19.1. The summed E-state index contributed by atoms with van der Waals surface area (Å²) in [7, 11) is 0. The number of rotatable bonds is 2.